The van der Waals surface area contributed by atoms with Crippen LogP contribution < -0.4 is 15.8 Å². The fourth-order valence-corrected chi connectivity index (χ4v) is 3.54. The van der Waals surface area contributed by atoms with Crippen molar-refractivity contribution in [2.45, 2.75) is 18.8 Å². The number of anilines is 2. The summed E-state index contributed by atoms with van der Waals surface area (Å²) in [5.74, 6) is 2.61. The molecule has 0 aromatic carbocycles. The number of aromatic nitrogens is 6. The Morgan fingerprint density at radius 3 is 2.70 bits per heavy atom. The quantitative estimate of drug-likeness (QED) is 0.716. The summed E-state index contributed by atoms with van der Waals surface area (Å²) in [6.07, 6.45) is 4.19. The largest absolute Gasteiger partial charge is 0.355 e. The van der Waals surface area contributed by atoms with E-state index < -0.39 is 0 Å². The van der Waals surface area contributed by atoms with E-state index in [1.807, 2.05) is 0 Å². The van der Waals surface area contributed by atoms with Crippen molar-refractivity contribution in [3.8, 4) is 0 Å². The minimum absolute atomic E-state index is 0.0862. The van der Waals surface area contributed by atoms with Crippen molar-refractivity contribution in [3.05, 3.63) is 34.4 Å². The summed E-state index contributed by atoms with van der Waals surface area (Å²) in [5.41, 5.74) is 1.51. The Kier molecular flexibility index (Phi) is 3.63. The highest BCUT2D eigenvalue weighted by Crippen LogP contribution is 2.38. The molecule has 1 aliphatic carbocycles. The Labute approximate surface area is 156 Å². The summed E-state index contributed by atoms with van der Waals surface area (Å²) in [5, 5.41) is 16.8. The van der Waals surface area contributed by atoms with E-state index in [2.05, 4.69) is 42.6 Å². The van der Waals surface area contributed by atoms with Gasteiger partial charge in [0.05, 0.1) is 5.69 Å². The number of rotatable bonds is 5. The van der Waals surface area contributed by atoms with Crippen LogP contribution in [0, 0.1) is 5.92 Å². The molecular formula is C18H22N8O. The zero-order valence-corrected chi connectivity index (χ0v) is 15.5. The lowest BCUT2D eigenvalue weighted by atomic mass is 10.0. The molecule has 1 saturated heterocycles. The topological polar surface area (TPSA) is 93.8 Å². The maximum atomic E-state index is 12.4. The first-order chi connectivity index (χ1) is 13.1. The number of hydrogen-bond acceptors (Lipinski definition) is 7. The molecule has 1 aliphatic heterocycles. The van der Waals surface area contributed by atoms with E-state index in [0.29, 0.717) is 28.8 Å². The van der Waals surface area contributed by atoms with Gasteiger partial charge in [-0.1, -0.05) is 0 Å². The van der Waals surface area contributed by atoms with Gasteiger partial charge in [-0.15, -0.1) is 5.10 Å². The van der Waals surface area contributed by atoms with Crippen LogP contribution in [0.25, 0.3) is 11.0 Å². The van der Waals surface area contributed by atoms with Gasteiger partial charge >= 0.3 is 0 Å². The van der Waals surface area contributed by atoms with Crippen molar-refractivity contribution in [2.75, 3.05) is 29.9 Å². The summed E-state index contributed by atoms with van der Waals surface area (Å²) >= 11 is 0. The van der Waals surface area contributed by atoms with E-state index in [-0.39, 0.29) is 5.56 Å². The molecule has 0 radical (unpaired) electrons. The number of nitrogens with zero attached hydrogens (tertiary/aromatic N) is 7. The molecule has 0 unspecified atom stereocenters. The van der Waals surface area contributed by atoms with Crippen LogP contribution in [0.3, 0.4) is 0 Å². The molecule has 140 valence electrons. The van der Waals surface area contributed by atoms with E-state index in [1.54, 1.807) is 29.5 Å². The zero-order valence-electron chi connectivity index (χ0n) is 15.5. The van der Waals surface area contributed by atoms with Crippen molar-refractivity contribution < 1.29 is 0 Å². The first kappa shape index (κ1) is 16.2. The highest BCUT2D eigenvalue weighted by molar-refractivity contribution is 5.74. The van der Waals surface area contributed by atoms with Gasteiger partial charge in [0.15, 0.2) is 11.5 Å². The van der Waals surface area contributed by atoms with E-state index in [1.165, 1.54) is 12.8 Å². The minimum atomic E-state index is -0.0862. The minimum Gasteiger partial charge on any atom is -0.355 e. The molecule has 3 aromatic rings. The van der Waals surface area contributed by atoms with Crippen LogP contribution in [-0.2, 0) is 14.1 Å². The second-order valence-corrected chi connectivity index (χ2v) is 7.58. The van der Waals surface area contributed by atoms with Gasteiger partial charge in [0.25, 0.3) is 5.56 Å². The molecule has 1 N–H and O–H groups in total. The summed E-state index contributed by atoms with van der Waals surface area (Å²) in [6.45, 7) is 2.59. The van der Waals surface area contributed by atoms with Gasteiger partial charge in [-0.25, -0.2) is 0 Å². The molecular weight excluding hydrogens is 344 g/mol. The van der Waals surface area contributed by atoms with Gasteiger partial charge in [0.2, 0.25) is 5.95 Å². The van der Waals surface area contributed by atoms with Crippen molar-refractivity contribution in [1.82, 2.24) is 29.5 Å². The lowest BCUT2D eigenvalue weighted by Gasteiger charge is -2.40. The Hall–Kier alpha value is -2.97. The number of hydrogen-bond donors (Lipinski definition) is 1. The standard InChI is InChI=1S/C18H22N8O/c1-24-10-13-16(23-24)20-18(25(2)17(13)27)19-7-11-8-26(9-11)15-6-5-14(21-22-15)12-3-4-12/h5-6,10-12H,3-4,7-9H2,1-2H3,(H,19,20,23). The van der Waals surface area contributed by atoms with Gasteiger partial charge in [0, 0.05) is 51.8 Å². The Balaban J connectivity index is 1.21. The third-order valence-electron chi connectivity index (χ3n) is 5.37. The molecule has 1 saturated carbocycles. The van der Waals surface area contributed by atoms with Gasteiger partial charge in [0.1, 0.15) is 5.39 Å². The van der Waals surface area contributed by atoms with Crippen molar-refractivity contribution >= 4 is 22.8 Å². The van der Waals surface area contributed by atoms with Crippen molar-refractivity contribution in [3.63, 3.8) is 0 Å². The van der Waals surface area contributed by atoms with Crippen LogP contribution in [0.4, 0.5) is 11.8 Å². The van der Waals surface area contributed by atoms with Crippen LogP contribution >= 0.6 is 0 Å². The van der Waals surface area contributed by atoms with Gasteiger partial charge < -0.3 is 10.2 Å². The van der Waals surface area contributed by atoms with Gasteiger partial charge in [-0.3, -0.25) is 14.0 Å². The molecule has 5 rings (SSSR count). The third kappa shape index (κ3) is 2.92. The summed E-state index contributed by atoms with van der Waals surface area (Å²) < 4.78 is 3.16. The Bertz CT molecular complexity index is 1040. The lowest BCUT2D eigenvalue weighted by Crippen LogP contribution is -2.50. The average Bonchev–Trinajstić information content (AvgIpc) is 3.40. The third-order valence-corrected chi connectivity index (χ3v) is 5.37. The van der Waals surface area contributed by atoms with Crippen LogP contribution in [-0.4, -0.2) is 49.2 Å². The van der Waals surface area contributed by atoms with E-state index >= 15 is 0 Å². The molecule has 0 atom stereocenters. The van der Waals surface area contributed by atoms with Crippen molar-refractivity contribution in [2.24, 2.45) is 20.0 Å². The van der Waals surface area contributed by atoms with Crippen LogP contribution in [0.15, 0.2) is 23.1 Å². The van der Waals surface area contributed by atoms with Crippen LogP contribution in [0.2, 0.25) is 0 Å². The van der Waals surface area contributed by atoms with Crippen LogP contribution in [0.1, 0.15) is 24.5 Å². The number of aryl methyl sites for hydroxylation is 1. The smallest absolute Gasteiger partial charge is 0.265 e. The normalized spacial score (nSPS) is 17.3. The van der Waals surface area contributed by atoms with Gasteiger partial charge in [-0.05, 0) is 25.0 Å². The van der Waals surface area contributed by atoms with Crippen molar-refractivity contribution in [1.29, 1.82) is 0 Å². The average molecular weight is 366 g/mol. The highest BCUT2D eigenvalue weighted by atomic mass is 16.1. The molecule has 4 heterocycles. The summed E-state index contributed by atoms with van der Waals surface area (Å²) in [4.78, 5) is 19.1. The first-order valence-corrected chi connectivity index (χ1v) is 9.31. The highest BCUT2D eigenvalue weighted by Gasteiger charge is 2.29. The molecule has 27 heavy (non-hydrogen) atoms. The molecule has 9 heteroatoms. The Morgan fingerprint density at radius 2 is 2.00 bits per heavy atom. The zero-order chi connectivity index (χ0) is 18.5. The predicted molar refractivity (Wildman–Crippen MR) is 102 cm³/mol. The van der Waals surface area contributed by atoms with Gasteiger partial charge in [-0.2, -0.15) is 15.2 Å². The fraction of sp³-hybridized carbons (Fsp3) is 0.500. The van der Waals surface area contributed by atoms with E-state index in [9.17, 15) is 4.79 Å². The Morgan fingerprint density at radius 1 is 1.19 bits per heavy atom. The summed E-state index contributed by atoms with van der Waals surface area (Å²) in [6, 6.07) is 4.18. The second kappa shape index (κ2) is 6.04. The van der Waals surface area contributed by atoms with E-state index in [4.69, 9.17) is 0 Å². The maximum absolute atomic E-state index is 12.4. The molecule has 9 nitrogen and oxygen atoms in total. The lowest BCUT2D eigenvalue weighted by molar-refractivity contribution is 0.424. The first-order valence-electron chi connectivity index (χ1n) is 9.31. The second-order valence-electron chi connectivity index (χ2n) is 7.58. The molecule has 2 fully saturated rings. The van der Waals surface area contributed by atoms with E-state index in [0.717, 1.165) is 31.1 Å². The summed E-state index contributed by atoms with van der Waals surface area (Å²) in [7, 11) is 3.52. The number of nitrogens with one attached hydrogen (secondary N) is 1. The SMILES string of the molecule is Cn1cc2c(=O)n(C)c(NCC3CN(c4ccc(C5CC5)nn4)C3)nc2n1. The maximum Gasteiger partial charge on any atom is 0.265 e. The molecule has 3 aromatic heterocycles. The molecule has 0 bridgehead atoms. The molecule has 0 spiro atoms. The monoisotopic (exact) mass is 366 g/mol. The molecule has 2 aliphatic rings. The van der Waals surface area contributed by atoms with Crippen LogP contribution in [0.5, 0.6) is 0 Å². The fourth-order valence-electron chi connectivity index (χ4n) is 3.54. The predicted octanol–water partition coefficient (Wildman–Crippen LogP) is 0.883. The number of fused-ring (bicyclic) bond motifs is 1. The molecule has 0 amide bonds.